The minimum atomic E-state index is 0. The van der Waals surface area contributed by atoms with Crippen LogP contribution in [0.2, 0.25) is 0 Å². The van der Waals surface area contributed by atoms with Crippen LogP contribution in [0.3, 0.4) is 0 Å². The van der Waals surface area contributed by atoms with Gasteiger partial charge in [-0.2, -0.15) is 0 Å². The zero-order valence-corrected chi connectivity index (χ0v) is 8.39. The van der Waals surface area contributed by atoms with E-state index in [0.29, 0.717) is 0 Å². The molecule has 0 aliphatic heterocycles. The van der Waals surface area contributed by atoms with Gasteiger partial charge in [-0.05, 0) is 0 Å². The molecular formula is C6H7N2Y-. The zero-order valence-electron chi connectivity index (χ0n) is 5.55. The van der Waals surface area contributed by atoms with Gasteiger partial charge < -0.3 is 9.97 Å². The van der Waals surface area contributed by atoms with Crippen molar-refractivity contribution in [2.75, 3.05) is 0 Å². The molecule has 3 heteroatoms. The number of hydrogen-bond donors (Lipinski definition) is 0. The minimum absolute atomic E-state index is 0. The Morgan fingerprint density at radius 3 is 2.44 bits per heavy atom. The Morgan fingerprint density at radius 1 is 1.44 bits per heavy atom. The van der Waals surface area contributed by atoms with Crippen LogP contribution in [0.1, 0.15) is 11.5 Å². The quantitative estimate of drug-likeness (QED) is 0.576. The molecule has 1 radical (unpaired) electrons. The van der Waals surface area contributed by atoms with Gasteiger partial charge in [0, 0.05) is 38.5 Å². The van der Waals surface area contributed by atoms with Crippen molar-refractivity contribution in [3.8, 4) is 0 Å². The first-order chi connectivity index (χ1) is 3.79. The number of nitrogens with zero attached hydrogens (tertiary/aromatic N) is 2. The maximum absolute atomic E-state index is 4.03. The van der Waals surface area contributed by atoms with Crippen molar-refractivity contribution in [1.82, 2.24) is 9.97 Å². The molecule has 0 N–H and O–H groups in total. The summed E-state index contributed by atoms with van der Waals surface area (Å²) in [4.78, 5) is 7.84. The van der Waals surface area contributed by atoms with Crippen molar-refractivity contribution in [3.63, 3.8) is 0 Å². The van der Waals surface area contributed by atoms with Crippen molar-refractivity contribution in [1.29, 1.82) is 0 Å². The van der Waals surface area contributed by atoms with Gasteiger partial charge in [-0.1, -0.05) is 25.7 Å². The van der Waals surface area contributed by atoms with Gasteiger partial charge in [0.05, 0.1) is 0 Å². The zero-order chi connectivity index (χ0) is 5.98. The summed E-state index contributed by atoms with van der Waals surface area (Å²) in [6.45, 7) is 3.77. The first-order valence-corrected chi connectivity index (χ1v) is 2.47. The molecule has 0 bridgehead atoms. The van der Waals surface area contributed by atoms with Crippen LogP contribution in [-0.4, -0.2) is 9.97 Å². The fourth-order valence-corrected chi connectivity index (χ4v) is 0.532. The molecule has 0 amide bonds. The standard InChI is InChI=1S/C6H7N2.Y/c1-5-3-4-7-6(2)8-5;/h3H,1-2H3;/q-1;. The summed E-state index contributed by atoms with van der Waals surface area (Å²) in [6, 6.07) is 1.76. The first-order valence-electron chi connectivity index (χ1n) is 2.47. The summed E-state index contributed by atoms with van der Waals surface area (Å²) in [5.74, 6) is 0.782. The van der Waals surface area contributed by atoms with Crippen molar-refractivity contribution in [2.45, 2.75) is 13.8 Å². The summed E-state index contributed by atoms with van der Waals surface area (Å²) < 4.78 is 0. The van der Waals surface area contributed by atoms with Gasteiger partial charge >= 0.3 is 0 Å². The summed E-state index contributed by atoms with van der Waals surface area (Å²) in [6.07, 6.45) is 2.72. The normalized spacial score (nSPS) is 8.22. The Hall–Kier alpha value is 0.184. The average molecular weight is 196 g/mol. The van der Waals surface area contributed by atoms with Crippen LogP contribution in [0, 0.1) is 20.0 Å². The molecular weight excluding hydrogens is 189 g/mol. The largest absolute Gasteiger partial charge is 0.373 e. The maximum Gasteiger partial charge on any atom is 0.0106 e. The molecule has 0 aromatic carbocycles. The Kier molecular flexibility index (Phi) is 4.16. The molecule has 0 aliphatic rings. The SMILES string of the molecule is Cc1c[c-]nc(C)n1.[Y]. The van der Waals surface area contributed by atoms with Crippen LogP contribution in [0.15, 0.2) is 6.07 Å². The maximum atomic E-state index is 4.03. The van der Waals surface area contributed by atoms with Crippen LogP contribution >= 0.6 is 0 Å². The van der Waals surface area contributed by atoms with Gasteiger partial charge in [0.15, 0.2) is 0 Å². The number of aromatic nitrogens is 2. The predicted molar refractivity (Wildman–Crippen MR) is 30.3 cm³/mol. The smallest absolute Gasteiger partial charge is 0.0106 e. The van der Waals surface area contributed by atoms with Gasteiger partial charge in [0.25, 0.3) is 0 Å². The molecule has 45 valence electrons. The molecule has 2 nitrogen and oxygen atoms in total. The van der Waals surface area contributed by atoms with Crippen LogP contribution in [0.5, 0.6) is 0 Å². The summed E-state index contributed by atoms with van der Waals surface area (Å²) in [5, 5.41) is 0. The van der Waals surface area contributed by atoms with Gasteiger partial charge in [0.2, 0.25) is 0 Å². The van der Waals surface area contributed by atoms with Gasteiger partial charge in [-0.15, -0.1) is 6.07 Å². The molecule has 0 saturated heterocycles. The van der Waals surface area contributed by atoms with E-state index in [1.54, 1.807) is 6.07 Å². The minimum Gasteiger partial charge on any atom is -0.373 e. The molecule has 0 fully saturated rings. The summed E-state index contributed by atoms with van der Waals surface area (Å²) in [7, 11) is 0. The van der Waals surface area contributed by atoms with E-state index in [0.717, 1.165) is 11.5 Å². The molecule has 0 spiro atoms. The third kappa shape index (κ3) is 3.02. The van der Waals surface area contributed by atoms with E-state index >= 15 is 0 Å². The molecule has 1 heterocycles. The van der Waals surface area contributed by atoms with E-state index in [1.165, 1.54) is 0 Å². The van der Waals surface area contributed by atoms with Gasteiger partial charge in [0.1, 0.15) is 0 Å². The van der Waals surface area contributed by atoms with Crippen molar-refractivity contribution in [3.05, 3.63) is 23.8 Å². The fraction of sp³-hybridized carbons (Fsp3) is 0.333. The van der Waals surface area contributed by atoms with Crippen molar-refractivity contribution >= 4 is 0 Å². The molecule has 1 aromatic rings. The Bertz CT molecular complexity index is 171. The molecule has 0 aliphatic carbocycles. The molecule has 1 aromatic heterocycles. The van der Waals surface area contributed by atoms with Gasteiger partial charge in [-0.25, -0.2) is 0 Å². The Labute approximate surface area is 80.0 Å². The van der Waals surface area contributed by atoms with Crippen LogP contribution in [-0.2, 0) is 32.7 Å². The average Bonchev–Trinajstić information content (AvgIpc) is 1.64. The van der Waals surface area contributed by atoms with Crippen LogP contribution in [0.25, 0.3) is 0 Å². The van der Waals surface area contributed by atoms with E-state index in [4.69, 9.17) is 0 Å². The number of aryl methyl sites for hydroxylation is 2. The molecule has 0 saturated carbocycles. The monoisotopic (exact) mass is 196 g/mol. The van der Waals surface area contributed by atoms with Gasteiger partial charge in [-0.3, -0.25) is 0 Å². The Balaban J connectivity index is 0.000000640. The molecule has 1 rings (SSSR count). The van der Waals surface area contributed by atoms with Crippen LogP contribution in [0.4, 0.5) is 0 Å². The second-order valence-corrected chi connectivity index (χ2v) is 1.69. The third-order valence-electron chi connectivity index (χ3n) is 0.838. The van der Waals surface area contributed by atoms with Crippen molar-refractivity contribution < 1.29 is 32.7 Å². The topological polar surface area (TPSA) is 25.8 Å². The van der Waals surface area contributed by atoms with E-state index in [2.05, 4.69) is 16.2 Å². The second kappa shape index (κ2) is 4.07. The second-order valence-electron chi connectivity index (χ2n) is 1.69. The summed E-state index contributed by atoms with van der Waals surface area (Å²) >= 11 is 0. The molecule has 9 heavy (non-hydrogen) atoms. The number of rotatable bonds is 0. The summed E-state index contributed by atoms with van der Waals surface area (Å²) in [5.41, 5.74) is 0.970. The van der Waals surface area contributed by atoms with Crippen LogP contribution < -0.4 is 0 Å². The fourth-order valence-electron chi connectivity index (χ4n) is 0.532. The van der Waals surface area contributed by atoms with Crippen molar-refractivity contribution in [2.24, 2.45) is 0 Å². The molecule has 0 unspecified atom stereocenters. The first kappa shape index (κ1) is 9.18. The predicted octanol–water partition coefficient (Wildman–Crippen LogP) is 0.891. The van der Waals surface area contributed by atoms with E-state index in [1.807, 2.05) is 13.8 Å². The van der Waals surface area contributed by atoms with E-state index in [-0.39, 0.29) is 32.7 Å². The van der Waals surface area contributed by atoms with E-state index < -0.39 is 0 Å². The number of hydrogen-bond acceptors (Lipinski definition) is 2. The third-order valence-corrected chi connectivity index (χ3v) is 0.838. The van der Waals surface area contributed by atoms with E-state index in [9.17, 15) is 0 Å². The Morgan fingerprint density at radius 2 is 2.11 bits per heavy atom. The molecule has 0 atom stereocenters.